The predicted octanol–water partition coefficient (Wildman–Crippen LogP) is 4.71. The third-order valence-corrected chi connectivity index (χ3v) is 2.84. The van der Waals surface area contributed by atoms with E-state index in [1.165, 1.54) is 11.6 Å². The molecule has 2 aromatic rings. The molecule has 2 aromatic carbocycles. The number of benzene rings is 2. The predicted molar refractivity (Wildman–Crippen MR) is 86.8 cm³/mol. The molecule has 0 N–H and O–H groups in total. The molecule has 0 saturated heterocycles. The van der Waals surface area contributed by atoms with Crippen LogP contribution in [0, 0.1) is 0 Å². The first-order valence-corrected chi connectivity index (χ1v) is 7.01. The molecular weight excluding hydrogens is 260 g/mol. The second-order valence-electron chi connectivity index (χ2n) is 5.85. The van der Waals surface area contributed by atoms with E-state index in [-0.39, 0.29) is 5.97 Å². The number of carbonyl (C=O) groups is 1. The van der Waals surface area contributed by atoms with Gasteiger partial charge in [0.2, 0.25) is 0 Å². The Hall–Kier alpha value is -2.35. The molecule has 108 valence electrons. The molecule has 0 heterocycles. The van der Waals surface area contributed by atoms with Gasteiger partial charge in [-0.05, 0) is 43.5 Å². The van der Waals surface area contributed by atoms with Gasteiger partial charge in [-0.2, -0.15) is 0 Å². The highest BCUT2D eigenvalue weighted by molar-refractivity contribution is 5.87. The van der Waals surface area contributed by atoms with Crippen LogP contribution in [-0.4, -0.2) is 11.6 Å². The van der Waals surface area contributed by atoms with Crippen LogP contribution in [0.15, 0.2) is 60.7 Å². The Bertz CT molecular complexity index is 617. The highest BCUT2D eigenvalue weighted by atomic mass is 16.6. The average molecular weight is 280 g/mol. The van der Waals surface area contributed by atoms with Gasteiger partial charge in [0.25, 0.3) is 0 Å². The van der Waals surface area contributed by atoms with Gasteiger partial charge in [-0.3, -0.25) is 0 Å². The van der Waals surface area contributed by atoms with Crippen LogP contribution in [0.5, 0.6) is 0 Å². The smallest absolute Gasteiger partial charge is 0.331 e. The van der Waals surface area contributed by atoms with Crippen molar-refractivity contribution in [3.8, 4) is 11.1 Å². The topological polar surface area (TPSA) is 26.3 Å². The zero-order chi connectivity index (χ0) is 15.3. The van der Waals surface area contributed by atoms with Crippen molar-refractivity contribution in [3.63, 3.8) is 0 Å². The normalized spacial score (nSPS) is 11.6. The van der Waals surface area contributed by atoms with Gasteiger partial charge in [0, 0.05) is 6.08 Å². The van der Waals surface area contributed by atoms with Crippen molar-refractivity contribution in [1.29, 1.82) is 0 Å². The summed E-state index contributed by atoms with van der Waals surface area (Å²) in [6, 6.07) is 18.3. The minimum Gasteiger partial charge on any atom is -0.457 e. The van der Waals surface area contributed by atoms with Crippen molar-refractivity contribution in [1.82, 2.24) is 0 Å². The molecular formula is C19H20O2. The summed E-state index contributed by atoms with van der Waals surface area (Å²) in [6.45, 7) is 5.56. The highest BCUT2D eigenvalue weighted by Gasteiger charge is 2.13. The average Bonchev–Trinajstić information content (AvgIpc) is 2.45. The molecule has 2 nitrogen and oxygen atoms in total. The maximum absolute atomic E-state index is 11.6. The molecule has 0 bridgehead atoms. The largest absolute Gasteiger partial charge is 0.457 e. The summed E-state index contributed by atoms with van der Waals surface area (Å²) in [6.07, 6.45) is 3.23. The van der Waals surface area contributed by atoms with Crippen molar-refractivity contribution >= 4 is 12.0 Å². The minimum atomic E-state index is -0.460. The number of hydrogen-bond acceptors (Lipinski definition) is 2. The molecule has 0 amide bonds. The fourth-order valence-corrected chi connectivity index (χ4v) is 1.92. The van der Waals surface area contributed by atoms with Crippen molar-refractivity contribution in [2.45, 2.75) is 26.4 Å². The van der Waals surface area contributed by atoms with Crippen LogP contribution in [0.2, 0.25) is 0 Å². The van der Waals surface area contributed by atoms with Gasteiger partial charge in [0.15, 0.2) is 0 Å². The fraction of sp³-hybridized carbons (Fsp3) is 0.211. The zero-order valence-electron chi connectivity index (χ0n) is 12.7. The first-order chi connectivity index (χ1) is 9.94. The van der Waals surface area contributed by atoms with Crippen molar-refractivity contribution in [2.24, 2.45) is 0 Å². The summed E-state index contributed by atoms with van der Waals surface area (Å²) in [5.74, 6) is -0.324. The van der Waals surface area contributed by atoms with Gasteiger partial charge in [0.05, 0.1) is 0 Å². The Morgan fingerprint density at radius 3 is 2.05 bits per heavy atom. The second-order valence-corrected chi connectivity index (χ2v) is 5.85. The summed E-state index contributed by atoms with van der Waals surface area (Å²) < 4.78 is 5.23. The van der Waals surface area contributed by atoms with Gasteiger partial charge in [-0.25, -0.2) is 4.79 Å². The Balaban J connectivity index is 2.05. The van der Waals surface area contributed by atoms with E-state index in [2.05, 4.69) is 12.1 Å². The van der Waals surface area contributed by atoms with Crippen LogP contribution in [0.1, 0.15) is 26.3 Å². The van der Waals surface area contributed by atoms with Crippen molar-refractivity contribution in [2.75, 3.05) is 0 Å². The quantitative estimate of drug-likeness (QED) is 0.601. The van der Waals surface area contributed by atoms with Gasteiger partial charge in [-0.15, -0.1) is 0 Å². The van der Waals surface area contributed by atoms with E-state index in [1.807, 2.05) is 63.2 Å². The zero-order valence-corrected chi connectivity index (χ0v) is 12.7. The van der Waals surface area contributed by atoms with Crippen LogP contribution in [0.4, 0.5) is 0 Å². The molecule has 0 atom stereocenters. The van der Waals surface area contributed by atoms with Gasteiger partial charge in [0.1, 0.15) is 5.60 Å². The minimum absolute atomic E-state index is 0.324. The first-order valence-electron chi connectivity index (χ1n) is 7.01. The Morgan fingerprint density at radius 1 is 0.905 bits per heavy atom. The van der Waals surface area contributed by atoms with Gasteiger partial charge >= 0.3 is 5.97 Å². The van der Waals surface area contributed by atoms with Crippen molar-refractivity contribution in [3.05, 3.63) is 66.2 Å². The van der Waals surface area contributed by atoms with Crippen LogP contribution < -0.4 is 0 Å². The molecule has 0 saturated carbocycles. The summed E-state index contributed by atoms with van der Waals surface area (Å²) in [7, 11) is 0. The molecule has 0 unspecified atom stereocenters. The maximum atomic E-state index is 11.6. The molecule has 0 aliphatic rings. The van der Waals surface area contributed by atoms with E-state index in [0.717, 1.165) is 11.1 Å². The lowest BCUT2D eigenvalue weighted by Crippen LogP contribution is -2.22. The Morgan fingerprint density at radius 2 is 1.48 bits per heavy atom. The standard InChI is InChI=1S/C19H20O2/c1-19(2,3)21-18(20)14-11-15-9-12-17(13-10-15)16-7-5-4-6-8-16/h4-14H,1-3H3/b14-11+. The lowest BCUT2D eigenvalue weighted by Gasteiger charge is -2.17. The number of ether oxygens (including phenoxy) is 1. The number of hydrogen-bond donors (Lipinski definition) is 0. The van der Waals surface area contributed by atoms with Crippen molar-refractivity contribution < 1.29 is 9.53 Å². The van der Waals surface area contributed by atoms with Gasteiger partial charge < -0.3 is 4.74 Å². The molecule has 0 radical (unpaired) electrons. The molecule has 0 aliphatic heterocycles. The summed E-state index contributed by atoms with van der Waals surface area (Å²) in [5, 5.41) is 0. The van der Waals surface area contributed by atoms with E-state index in [1.54, 1.807) is 6.08 Å². The van der Waals surface area contributed by atoms with E-state index in [9.17, 15) is 4.79 Å². The third kappa shape index (κ3) is 4.92. The molecule has 0 spiro atoms. The van der Waals surface area contributed by atoms with Crippen LogP contribution in [0.3, 0.4) is 0 Å². The molecule has 0 fully saturated rings. The lowest BCUT2D eigenvalue weighted by atomic mass is 10.0. The van der Waals surface area contributed by atoms with Crippen LogP contribution >= 0.6 is 0 Å². The van der Waals surface area contributed by atoms with E-state index in [0.29, 0.717) is 0 Å². The van der Waals surface area contributed by atoms with E-state index < -0.39 is 5.60 Å². The SMILES string of the molecule is CC(C)(C)OC(=O)/C=C/c1ccc(-c2ccccc2)cc1. The number of rotatable bonds is 3. The van der Waals surface area contributed by atoms with Gasteiger partial charge in [-0.1, -0.05) is 54.6 Å². The number of carbonyl (C=O) groups excluding carboxylic acids is 1. The summed E-state index contributed by atoms with van der Waals surface area (Å²) in [5.41, 5.74) is 2.85. The van der Waals surface area contributed by atoms with E-state index in [4.69, 9.17) is 4.74 Å². The third-order valence-electron chi connectivity index (χ3n) is 2.84. The lowest BCUT2D eigenvalue weighted by molar-refractivity contribution is -0.148. The molecule has 0 aromatic heterocycles. The van der Waals surface area contributed by atoms with E-state index >= 15 is 0 Å². The fourth-order valence-electron chi connectivity index (χ4n) is 1.92. The molecule has 2 rings (SSSR count). The maximum Gasteiger partial charge on any atom is 0.331 e. The highest BCUT2D eigenvalue weighted by Crippen LogP contribution is 2.19. The van der Waals surface area contributed by atoms with Crippen LogP contribution in [0.25, 0.3) is 17.2 Å². The molecule has 0 aliphatic carbocycles. The Kier molecular flexibility index (Phi) is 4.59. The molecule has 21 heavy (non-hydrogen) atoms. The first kappa shape index (κ1) is 15.0. The van der Waals surface area contributed by atoms with Crippen LogP contribution in [-0.2, 0) is 9.53 Å². The number of esters is 1. The monoisotopic (exact) mass is 280 g/mol. The Labute approximate surface area is 126 Å². The summed E-state index contributed by atoms with van der Waals surface area (Å²) >= 11 is 0. The molecule has 2 heteroatoms. The second kappa shape index (κ2) is 6.40. The summed E-state index contributed by atoms with van der Waals surface area (Å²) in [4.78, 5) is 11.6.